The van der Waals surface area contributed by atoms with E-state index >= 15 is 0 Å². The van der Waals surface area contributed by atoms with Gasteiger partial charge in [0.1, 0.15) is 11.5 Å². The summed E-state index contributed by atoms with van der Waals surface area (Å²) in [4.78, 5) is 18.5. The number of carbonyl (C=O) groups is 1. The van der Waals surface area contributed by atoms with E-state index in [1.54, 1.807) is 24.3 Å². The van der Waals surface area contributed by atoms with E-state index in [0.717, 1.165) is 42.1 Å². The zero-order valence-corrected chi connectivity index (χ0v) is 17.7. The van der Waals surface area contributed by atoms with Gasteiger partial charge in [0, 0.05) is 36.1 Å². The van der Waals surface area contributed by atoms with Crippen LogP contribution >= 0.6 is 0 Å². The molecule has 1 aliphatic rings. The molecule has 1 saturated carbocycles. The van der Waals surface area contributed by atoms with Gasteiger partial charge in [0.25, 0.3) is 5.91 Å². The van der Waals surface area contributed by atoms with E-state index in [4.69, 9.17) is 5.26 Å². The molecule has 0 bridgehead atoms. The van der Waals surface area contributed by atoms with Crippen molar-refractivity contribution in [1.29, 1.82) is 5.26 Å². The average Bonchev–Trinajstić information content (AvgIpc) is 3.22. The van der Waals surface area contributed by atoms with Gasteiger partial charge >= 0.3 is 0 Å². The third-order valence-corrected chi connectivity index (χ3v) is 6.15. The van der Waals surface area contributed by atoms with E-state index < -0.39 is 0 Å². The zero-order valence-electron chi connectivity index (χ0n) is 17.7. The Labute approximate surface area is 181 Å². The maximum atomic E-state index is 13.4. The fourth-order valence-corrected chi connectivity index (χ4v) is 4.58. The fraction of sp³-hybridized carbons (Fsp3) is 0.360. The van der Waals surface area contributed by atoms with Gasteiger partial charge < -0.3 is 15.2 Å². The molecule has 6 heteroatoms. The first-order valence-corrected chi connectivity index (χ1v) is 10.9. The number of aromatic amines is 1. The summed E-state index contributed by atoms with van der Waals surface area (Å²) in [6, 6.07) is 16.5. The number of nitrogens with one attached hydrogen (secondary N) is 2. The number of aromatic nitrogens is 1. The van der Waals surface area contributed by atoms with E-state index in [9.17, 15) is 9.18 Å². The highest BCUT2D eigenvalue weighted by Crippen LogP contribution is 2.26. The quantitative estimate of drug-likeness (QED) is 0.607. The first-order chi connectivity index (χ1) is 15.1. The molecular formula is C25H27FN4O. The molecule has 160 valence electrons. The minimum atomic E-state index is -0.219. The van der Waals surface area contributed by atoms with Crippen molar-refractivity contribution >= 4 is 16.8 Å². The molecule has 0 spiro atoms. The number of nitriles is 1. The van der Waals surface area contributed by atoms with Gasteiger partial charge in [-0.15, -0.1) is 0 Å². The predicted octanol–water partition coefficient (Wildman–Crippen LogP) is 4.74. The number of fused-ring (bicyclic) bond motifs is 1. The number of carbonyl (C=O) groups excluding carboxylic acids is 1. The minimum Gasteiger partial charge on any atom is -0.351 e. The molecule has 2 atom stereocenters. The van der Waals surface area contributed by atoms with Crippen molar-refractivity contribution < 1.29 is 9.18 Å². The standard InChI is InChI=1S/C25H27FN4O/c1-2-30(25(31)24-13-19-11-17(15-27)9-10-23(19)29-24)22-8-4-7-21(14-22)28-16-18-5-3-6-20(26)12-18/h3,5-6,9-13,21-22,28-29H,2,4,7-8,14,16H2,1H3/t21-,22+/m1/s1. The molecule has 1 aromatic heterocycles. The number of amides is 1. The van der Waals surface area contributed by atoms with Gasteiger partial charge in [-0.2, -0.15) is 5.26 Å². The third kappa shape index (κ3) is 4.78. The summed E-state index contributed by atoms with van der Waals surface area (Å²) in [5.41, 5.74) is 2.93. The molecule has 5 nitrogen and oxygen atoms in total. The molecule has 0 unspecified atom stereocenters. The first kappa shape index (κ1) is 21.1. The van der Waals surface area contributed by atoms with Crippen LogP contribution in [0.4, 0.5) is 4.39 Å². The summed E-state index contributed by atoms with van der Waals surface area (Å²) in [7, 11) is 0. The third-order valence-electron chi connectivity index (χ3n) is 6.15. The lowest BCUT2D eigenvalue weighted by Crippen LogP contribution is -2.46. The Morgan fingerprint density at radius 2 is 2.13 bits per heavy atom. The summed E-state index contributed by atoms with van der Waals surface area (Å²) in [5.74, 6) is -0.225. The van der Waals surface area contributed by atoms with Crippen molar-refractivity contribution in [2.75, 3.05) is 6.54 Å². The second-order valence-electron chi connectivity index (χ2n) is 8.22. The molecule has 1 aliphatic carbocycles. The highest BCUT2D eigenvalue weighted by molar-refractivity contribution is 5.98. The van der Waals surface area contributed by atoms with Gasteiger partial charge in [0.05, 0.1) is 11.6 Å². The maximum absolute atomic E-state index is 13.4. The highest BCUT2D eigenvalue weighted by Gasteiger charge is 2.29. The molecular weight excluding hydrogens is 391 g/mol. The van der Waals surface area contributed by atoms with E-state index in [0.29, 0.717) is 30.4 Å². The van der Waals surface area contributed by atoms with Crippen LogP contribution in [0.15, 0.2) is 48.5 Å². The van der Waals surface area contributed by atoms with Crippen LogP contribution in [0.25, 0.3) is 10.9 Å². The second-order valence-corrected chi connectivity index (χ2v) is 8.22. The zero-order chi connectivity index (χ0) is 21.8. The normalized spacial score (nSPS) is 18.6. The summed E-state index contributed by atoms with van der Waals surface area (Å²) in [6.45, 7) is 3.27. The lowest BCUT2D eigenvalue weighted by molar-refractivity contribution is 0.0623. The molecule has 3 aromatic rings. The van der Waals surface area contributed by atoms with Gasteiger partial charge in [-0.1, -0.05) is 12.1 Å². The van der Waals surface area contributed by atoms with Crippen molar-refractivity contribution in [2.45, 2.75) is 51.2 Å². The number of hydrogen-bond donors (Lipinski definition) is 2. The second kappa shape index (κ2) is 9.32. The molecule has 1 heterocycles. The monoisotopic (exact) mass is 418 g/mol. The number of rotatable bonds is 6. The van der Waals surface area contributed by atoms with Crippen LogP contribution in [0.2, 0.25) is 0 Å². The lowest BCUT2D eigenvalue weighted by Gasteiger charge is -2.37. The number of nitrogens with zero attached hydrogens (tertiary/aromatic N) is 2. The topological polar surface area (TPSA) is 71.9 Å². The van der Waals surface area contributed by atoms with Crippen LogP contribution < -0.4 is 5.32 Å². The Hall–Kier alpha value is -3.17. The Morgan fingerprint density at radius 3 is 2.90 bits per heavy atom. The first-order valence-electron chi connectivity index (χ1n) is 10.9. The predicted molar refractivity (Wildman–Crippen MR) is 119 cm³/mol. The summed E-state index contributed by atoms with van der Waals surface area (Å²) >= 11 is 0. The van der Waals surface area contributed by atoms with Crippen LogP contribution in [0.5, 0.6) is 0 Å². The van der Waals surface area contributed by atoms with Gasteiger partial charge in [-0.25, -0.2) is 4.39 Å². The van der Waals surface area contributed by atoms with Crippen molar-refractivity contribution in [2.24, 2.45) is 0 Å². The van der Waals surface area contributed by atoms with E-state index in [-0.39, 0.29) is 17.8 Å². The summed E-state index contributed by atoms with van der Waals surface area (Å²) in [5, 5.41) is 13.5. The smallest absolute Gasteiger partial charge is 0.270 e. The minimum absolute atomic E-state index is 0.00649. The van der Waals surface area contributed by atoms with E-state index in [2.05, 4.69) is 16.4 Å². The summed E-state index contributed by atoms with van der Waals surface area (Å²) in [6.07, 6.45) is 3.97. The van der Waals surface area contributed by atoms with Gasteiger partial charge in [-0.3, -0.25) is 4.79 Å². The van der Waals surface area contributed by atoms with Crippen molar-refractivity contribution in [3.8, 4) is 6.07 Å². The van der Waals surface area contributed by atoms with Gasteiger partial charge in [-0.05, 0) is 74.6 Å². The Morgan fingerprint density at radius 1 is 1.26 bits per heavy atom. The molecule has 1 fully saturated rings. The Kier molecular flexibility index (Phi) is 6.34. The maximum Gasteiger partial charge on any atom is 0.270 e. The SMILES string of the molecule is CCN(C(=O)c1cc2cc(C#N)ccc2[nH]1)[C@H]1CCC[C@@H](NCc2cccc(F)c2)C1. The Balaban J connectivity index is 1.44. The number of benzene rings is 2. The van der Waals surface area contributed by atoms with Crippen molar-refractivity contribution in [3.63, 3.8) is 0 Å². The molecule has 0 radical (unpaired) electrons. The number of halogens is 1. The molecule has 2 N–H and O–H groups in total. The Bertz CT molecular complexity index is 1120. The largest absolute Gasteiger partial charge is 0.351 e. The van der Waals surface area contributed by atoms with E-state index in [1.165, 1.54) is 6.07 Å². The number of H-pyrrole nitrogens is 1. The summed E-state index contributed by atoms with van der Waals surface area (Å²) < 4.78 is 13.4. The molecule has 0 aliphatic heterocycles. The van der Waals surface area contributed by atoms with Crippen LogP contribution in [-0.2, 0) is 6.54 Å². The number of hydrogen-bond acceptors (Lipinski definition) is 3. The lowest BCUT2D eigenvalue weighted by atomic mass is 9.89. The molecule has 2 aromatic carbocycles. The van der Waals surface area contributed by atoms with Crippen molar-refractivity contribution in [1.82, 2.24) is 15.2 Å². The van der Waals surface area contributed by atoms with Crippen LogP contribution in [0.3, 0.4) is 0 Å². The average molecular weight is 419 g/mol. The van der Waals surface area contributed by atoms with Crippen LogP contribution in [0, 0.1) is 17.1 Å². The highest BCUT2D eigenvalue weighted by atomic mass is 19.1. The molecule has 31 heavy (non-hydrogen) atoms. The van der Waals surface area contributed by atoms with Crippen LogP contribution in [-0.4, -0.2) is 34.4 Å². The molecule has 0 saturated heterocycles. The van der Waals surface area contributed by atoms with E-state index in [1.807, 2.05) is 30.0 Å². The van der Waals surface area contributed by atoms with Crippen molar-refractivity contribution in [3.05, 3.63) is 71.2 Å². The molecule has 4 rings (SSSR count). The van der Waals surface area contributed by atoms with Crippen LogP contribution in [0.1, 0.15) is 54.2 Å². The van der Waals surface area contributed by atoms with Gasteiger partial charge in [0.15, 0.2) is 0 Å². The fourth-order valence-electron chi connectivity index (χ4n) is 4.58. The van der Waals surface area contributed by atoms with Gasteiger partial charge in [0.2, 0.25) is 0 Å². The molecule has 1 amide bonds.